The van der Waals surface area contributed by atoms with Crippen molar-refractivity contribution in [1.82, 2.24) is 20.3 Å². The van der Waals surface area contributed by atoms with Crippen LogP contribution in [0.5, 0.6) is 0 Å². The van der Waals surface area contributed by atoms with Gasteiger partial charge in [-0.15, -0.1) is 0 Å². The van der Waals surface area contributed by atoms with E-state index in [0.717, 1.165) is 35.2 Å². The number of para-hydroxylation sites is 2. The third-order valence-corrected chi connectivity index (χ3v) is 4.96. The number of aromatic nitrogens is 3. The number of carbonyl (C=O) groups is 2. The van der Waals surface area contributed by atoms with Gasteiger partial charge in [-0.2, -0.15) is 13.2 Å². The maximum atomic E-state index is 12.5. The van der Waals surface area contributed by atoms with Gasteiger partial charge in [0.1, 0.15) is 17.6 Å². The number of benzene rings is 1. The molecule has 1 aromatic carbocycles. The van der Waals surface area contributed by atoms with E-state index in [1.807, 2.05) is 24.3 Å². The number of aromatic amines is 1. The molecule has 3 atom stereocenters. The van der Waals surface area contributed by atoms with Gasteiger partial charge in [0.2, 0.25) is 11.8 Å². The molecular formula is C20H18F3N5O2. The van der Waals surface area contributed by atoms with Crippen molar-refractivity contribution < 1.29 is 22.8 Å². The van der Waals surface area contributed by atoms with Gasteiger partial charge >= 0.3 is 6.18 Å². The van der Waals surface area contributed by atoms with Gasteiger partial charge in [-0.1, -0.05) is 12.1 Å². The predicted octanol–water partition coefficient (Wildman–Crippen LogP) is 3.22. The third-order valence-electron chi connectivity index (χ3n) is 4.96. The standard InChI is InChI=1S/C20H18F3N5O2/c1-10(18(29)26-11-6-7-16(24-9-11)20(21,22)23)25-19(30)13-8-12(13)17-27-14-4-2-3-5-15(14)28-17/h2-7,9-10,12-13H,8H2,1H3,(H,25,30)(H,26,29)(H,27,28)/t10-,12+,13+/m1/s1. The smallest absolute Gasteiger partial charge is 0.344 e. The van der Waals surface area contributed by atoms with Crippen LogP contribution in [0, 0.1) is 5.92 Å². The summed E-state index contributed by atoms with van der Waals surface area (Å²) in [4.78, 5) is 35.7. The normalized spacial score (nSPS) is 19.3. The number of alkyl halides is 3. The van der Waals surface area contributed by atoms with E-state index in [9.17, 15) is 22.8 Å². The number of fused-ring (bicyclic) bond motifs is 1. The number of H-pyrrole nitrogens is 1. The summed E-state index contributed by atoms with van der Waals surface area (Å²) in [7, 11) is 0. The second kappa shape index (κ2) is 7.43. The topological polar surface area (TPSA) is 99.8 Å². The molecule has 4 rings (SSSR count). The van der Waals surface area contributed by atoms with Gasteiger partial charge in [-0.25, -0.2) is 9.97 Å². The van der Waals surface area contributed by atoms with Gasteiger partial charge in [0, 0.05) is 11.8 Å². The average molecular weight is 417 g/mol. The lowest BCUT2D eigenvalue weighted by atomic mass is 10.2. The third kappa shape index (κ3) is 4.12. The number of anilines is 1. The van der Waals surface area contributed by atoms with Crippen molar-refractivity contribution in [2.45, 2.75) is 31.5 Å². The Labute approximate surface area is 169 Å². The Morgan fingerprint density at radius 3 is 2.63 bits per heavy atom. The first-order valence-corrected chi connectivity index (χ1v) is 9.31. The Hall–Kier alpha value is -3.43. The fourth-order valence-electron chi connectivity index (χ4n) is 3.21. The van der Waals surface area contributed by atoms with Crippen LogP contribution in [-0.2, 0) is 15.8 Å². The molecule has 3 N–H and O–H groups in total. The van der Waals surface area contributed by atoms with Gasteiger partial charge in [0.15, 0.2) is 0 Å². The molecule has 1 fully saturated rings. The maximum Gasteiger partial charge on any atom is 0.433 e. The molecular weight excluding hydrogens is 399 g/mol. The number of nitrogens with zero attached hydrogens (tertiary/aromatic N) is 2. The SMILES string of the molecule is C[C@@H](NC(=O)[C@H]1C[C@@H]1c1nc2ccccc2[nH]1)C(=O)Nc1ccc(C(F)(F)F)nc1. The Bertz CT molecular complexity index is 1060. The summed E-state index contributed by atoms with van der Waals surface area (Å²) in [5, 5.41) is 5.08. The number of hydrogen-bond donors (Lipinski definition) is 3. The monoisotopic (exact) mass is 417 g/mol. The lowest BCUT2D eigenvalue weighted by molar-refractivity contribution is -0.141. The zero-order valence-corrected chi connectivity index (χ0v) is 15.8. The van der Waals surface area contributed by atoms with Crippen LogP contribution < -0.4 is 10.6 Å². The number of pyridine rings is 1. The minimum Gasteiger partial charge on any atom is -0.344 e. The van der Waals surface area contributed by atoms with E-state index in [-0.39, 0.29) is 23.4 Å². The molecule has 1 saturated carbocycles. The number of imidazole rings is 1. The summed E-state index contributed by atoms with van der Waals surface area (Å²) in [6.07, 6.45) is -3.00. The number of rotatable bonds is 5. The van der Waals surface area contributed by atoms with Crippen LogP contribution in [0.3, 0.4) is 0 Å². The first kappa shape index (κ1) is 19.9. The number of nitrogens with one attached hydrogen (secondary N) is 3. The zero-order valence-electron chi connectivity index (χ0n) is 15.8. The molecule has 0 aliphatic heterocycles. The number of amides is 2. The van der Waals surface area contributed by atoms with Crippen molar-refractivity contribution in [3.8, 4) is 0 Å². The van der Waals surface area contributed by atoms with Crippen LogP contribution in [0.1, 0.15) is 30.8 Å². The molecule has 10 heteroatoms. The van der Waals surface area contributed by atoms with Crippen molar-refractivity contribution in [2.24, 2.45) is 5.92 Å². The van der Waals surface area contributed by atoms with E-state index in [2.05, 4.69) is 25.6 Å². The zero-order chi connectivity index (χ0) is 21.5. The predicted molar refractivity (Wildman–Crippen MR) is 102 cm³/mol. The summed E-state index contributed by atoms with van der Waals surface area (Å²) >= 11 is 0. The van der Waals surface area contributed by atoms with Gasteiger partial charge in [0.05, 0.1) is 22.9 Å². The molecule has 156 valence electrons. The fourth-order valence-corrected chi connectivity index (χ4v) is 3.21. The quantitative estimate of drug-likeness (QED) is 0.594. The largest absolute Gasteiger partial charge is 0.433 e. The highest BCUT2D eigenvalue weighted by atomic mass is 19.4. The first-order valence-electron chi connectivity index (χ1n) is 9.31. The van der Waals surface area contributed by atoms with Gasteiger partial charge in [-0.3, -0.25) is 9.59 Å². The van der Waals surface area contributed by atoms with Gasteiger partial charge in [-0.05, 0) is 37.6 Å². The van der Waals surface area contributed by atoms with E-state index in [1.165, 1.54) is 6.92 Å². The molecule has 2 heterocycles. The number of halogens is 3. The number of carbonyl (C=O) groups excluding carboxylic acids is 2. The molecule has 1 aliphatic rings. The summed E-state index contributed by atoms with van der Waals surface area (Å²) in [5.74, 6) is -0.399. The first-order chi connectivity index (χ1) is 14.2. The second-order valence-corrected chi connectivity index (χ2v) is 7.24. The molecule has 0 bridgehead atoms. The van der Waals surface area contributed by atoms with Gasteiger partial charge < -0.3 is 15.6 Å². The summed E-state index contributed by atoms with van der Waals surface area (Å²) in [6, 6.07) is 8.60. The van der Waals surface area contributed by atoms with E-state index < -0.39 is 23.8 Å². The van der Waals surface area contributed by atoms with Crippen LogP contribution in [-0.4, -0.2) is 32.8 Å². The van der Waals surface area contributed by atoms with E-state index in [0.29, 0.717) is 6.42 Å². The lowest BCUT2D eigenvalue weighted by Crippen LogP contribution is -2.42. The highest BCUT2D eigenvalue weighted by Gasteiger charge is 2.46. The maximum absolute atomic E-state index is 12.5. The Balaban J connectivity index is 1.32. The minimum atomic E-state index is -4.55. The van der Waals surface area contributed by atoms with E-state index in [1.54, 1.807) is 0 Å². The number of hydrogen-bond acceptors (Lipinski definition) is 4. The highest BCUT2D eigenvalue weighted by Crippen LogP contribution is 2.46. The summed E-state index contributed by atoms with van der Waals surface area (Å²) < 4.78 is 37.6. The van der Waals surface area contributed by atoms with Crippen LogP contribution >= 0.6 is 0 Å². The van der Waals surface area contributed by atoms with Crippen molar-refractivity contribution in [3.63, 3.8) is 0 Å². The molecule has 0 radical (unpaired) electrons. The Kier molecular flexibility index (Phi) is 4.92. The Morgan fingerprint density at radius 1 is 1.20 bits per heavy atom. The molecule has 2 amide bonds. The van der Waals surface area contributed by atoms with Crippen LogP contribution in [0.25, 0.3) is 11.0 Å². The fraction of sp³-hybridized carbons (Fsp3) is 0.300. The van der Waals surface area contributed by atoms with Crippen molar-refractivity contribution >= 4 is 28.5 Å². The van der Waals surface area contributed by atoms with Crippen LogP contribution in [0.4, 0.5) is 18.9 Å². The molecule has 3 aromatic rings. The highest BCUT2D eigenvalue weighted by molar-refractivity contribution is 5.97. The molecule has 0 saturated heterocycles. The summed E-state index contributed by atoms with van der Waals surface area (Å²) in [6.45, 7) is 1.50. The van der Waals surface area contributed by atoms with E-state index in [4.69, 9.17) is 0 Å². The molecule has 0 spiro atoms. The molecule has 30 heavy (non-hydrogen) atoms. The van der Waals surface area contributed by atoms with Crippen LogP contribution in [0.2, 0.25) is 0 Å². The minimum absolute atomic E-state index is 0.0354. The van der Waals surface area contributed by atoms with Gasteiger partial charge in [0.25, 0.3) is 0 Å². The Morgan fingerprint density at radius 2 is 1.97 bits per heavy atom. The molecule has 7 nitrogen and oxygen atoms in total. The average Bonchev–Trinajstić information content (AvgIpc) is 3.39. The molecule has 0 unspecified atom stereocenters. The lowest BCUT2D eigenvalue weighted by Gasteiger charge is -2.14. The summed E-state index contributed by atoms with van der Waals surface area (Å²) in [5.41, 5.74) is 0.792. The second-order valence-electron chi connectivity index (χ2n) is 7.24. The van der Waals surface area contributed by atoms with Crippen molar-refractivity contribution in [3.05, 3.63) is 54.1 Å². The molecule has 1 aliphatic carbocycles. The van der Waals surface area contributed by atoms with Crippen LogP contribution in [0.15, 0.2) is 42.6 Å². The molecule has 2 aromatic heterocycles. The van der Waals surface area contributed by atoms with E-state index >= 15 is 0 Å². The van der Waals surface area contributed by atoms with Crippen molar-refractivity contribution in [1.29, 1.82) is 0 Å². The van der Waals surface area contributed by atoms with Crippen molar-refractivity contribution in [2.75, 3.05) is 5.32 Å².